The summed E-state index contributed by atoms with van der Waals surface area (Å²) in [6.45, 7) is -0.250. The van der Waals surface area contributed by atoms with Crippen LogP contribution in [0.4, 0.5) is 5.82 Å². The standard InChI is InChI=1S/C10H9N3O2S.CH2O2/c14-16(15,9-4-2-1-3-5-9)13-10-6-7-11-8-12-10;2-1-3/h1-8H,(H,11,12,13);1H,(H,2,3). The van der Waals surface area contributed by atoms with Crippen LogP contribution >= 0.6 is 0 Å². The van der Waals surface area contributed by atoms with Gasteiger partial charge < -0.3 is 5.11 Å². The number of sulfonamides is 1. The molecule has 8 heteroatoms. The summed E-state index contributed by atoms with van der Waals surface area (Å²) in [6.07, 6.45) is 2.75. The van der Waals surface area contributed by atoms with Crippen molar-refractivity contribution >= 4 is 22.3 Å². The molecule has 0 radical (unpaired) electrons. The predicted octanol–water partition coefficient (Wildman–Crippen LogP) is 0.978. The molecule has 2 rings (SSSR count). The first-order valence-electron chi connectivity index (χ1n) is 5.02. The summed E-state index contributed by atoms with van der Waals surface area (Å²) in [5.74, 6) is 0.249. The Morgan fingerprint density at radius 3 is 2.32 bits per heavy atom. The molecule has 0 atom stereocenters. The maximum atomic E-state index is 11.8. The second kappa shape index (κ2) is 7.07. The Labute approximate surface area is 110 Å². The highest BCUT2D eigenvalue weighted by atomic mass is 32.2. The second-order valence-electron chi connectivity index (χ2n) is 3.12. The van der Waals surface area contributed by atoms with Gasteiger partial charge in [-0.15, -0.1) is 0 Å². The van der Waals surface area contributed by atoms with Crippen LogP contribution in [0, 0.1) is 0 Å². The van der Waals surface area contributed by atoms with Crippen molar-refractivity contribution in [1.29, 1.82) is 0 Å². The maximum absolute atomic E-state index is 11.8. The molecule has 1 aromatic carbocycles. The number of hydrogen-bond acceptors (Lipinski definition) is 5. The molecule has 0 aliphatic heterocycles. The number of carboxylic acid groups (broad SMARTS) is 1. The molecule has 0 aliphatic carbocycles. The van der Waals surface area contributed by atoms with E-state index in [1.54, 1.807) is 18.2 Å². The topological polar surface area (TPSA) is 109 Å². The second-order valence-corrected chi connectivity index (χ2v) is 4.80. The van der Waals surface area contributed by atoms with Crippen LogP contribution < -0.4 is 4.72 Å². The van der Waals surface area contributed by atoms with Gasteiger partial charge in [-0.05, 0) is 18.2 Å². The zero-order valence-electron chi connectivity index (χ0n) is 9.67. The van der Waals surface area contributed by atoms with Crippen LogP contribution in [0.5, 0.6) is 0 Å². The lowest BCUT2D eigenvalue weighted by atomic mass is 10.4. The molecule has 1 heterocycles. The third-order valence-electron chi connectivity index (χ3n) is 1.87. The lowest BCUT2D eigenvalue weighted by molar-refractivity contribution is -0.122. The molecule has 0 amide bonds. The zero-order valence-corrected chi connectivity index (χ0v) is 10.5. The molecule has 0 aliphatic rings. The fraction of sp³-hybridized carbons (Fsp3) is 0. The van der Waals surface area contributed by atoms with E-state index >= 15 is 0 Å². The number of carbonyl (C=O) groups is 1. The highest BCUT2D eigenvalue weighted by Crippen LogP contribution is 2.12. The summed E-state index contributed by atoms with van der Waals surface area (Å²) < 4.78 is 26.0. The molecule has 0 spiro atoms. The lowest BCUT2D eigenvalue weighted by Crippen LogP contribution is -2.13. The van der Waals surface area contributed by atoms with Gasteiger partial charge in [0.05, 0.1) is 4.90 Å². The van der Waals surface area contributed by atoms with Crippen molar-refractivity contribution in [3.8, 4) is 0 Å². The van der Waals surface area contributed by atoms with E-state index in [9.17, 15) is 8.42 Å². The fourth-order valence-electron chi connectivity index (χ4n) is 1.15. The Kier molecular flexibility index (Phi) is 5.42. The fourth-order valence-corrected chi connectivity index (χ4v) is 2.18. The molecule has 1 aromatic heterocycles. The van der Waals surface area contributed by atoms with Crippen LogP contribution in [-0.4, -0.2) is 30.0 Å². The molecular formula is C11H11N3O4S. The molecule has 7 nitrogen and oxygen atoms in total. The minimum atomic E-state index is -3.55. The average molecular weight is 281 g/mol. The molecule has 0 saturated heterocycles. The number of nitrogens with zero attached hydrogens (tertiary/aromatic N) is 2. The normalized spacial score (nSPS) is 9.89. The Balaban J connectivity index is 0.000000550. The first kappa shape index (κ1) is 14.6. The summed E-state index contributed by atoms with van der Waals surface area (Å²) >= 11 is 0. The van der Waals surface area contributed by atoms with Gasteiger partial charge in [0.15, 0.2) is 0 Å². The summed E-state index contributed by atoms with van der Waals surface area (Å²) in [6, 6.07) is 9.60. The van der Waals surface area contributed by atoms with Crippen LogP contribution in [-0.2, 0) is 14.8 Å². The van der Waals surface area contributed by atoms with Crippen molar-refractivity contribution in [2.24, 2.45) is 0 Å². The number of rotatable bonds is 3. The van der Waals surface area contributed by atoms with Crippen molar-refractivity contribution in [3.05, 3.63) is 48.9 Å². The molecule has 0 bridgehead atoms. The molecule has 0 unspecified atom stereocenters. The van der Waals surface area contributed by atoms with Crippen molar-refractivity contribution in [2.45, 2.75) is 4.90 Å². The van der Waals surface area contributed by atoms with Crippen molar-refractivity contribution < 1.29 is 18.3 Å². The van der Waals surface area contributed by atoms with Gasteiger partial charge in [-0.1, -0.05) is 18.2 Å². The first-order chi connectivity index (χ1) is 9.10. The van der Waals surface area contributed by atoms with Gasteiger partial charge in [-0.25, -0.2) is 18.4 Å². The van der Waals surface area contributed by atoms with E-state index in [1.807, 2.05) is 0 Å². The predicted molar refractivity (Wildman–Crippen MR) is 68.0 cm³/mol. The van der Waals surface area contributed by atoms with E-state index in [0.29, 0.717) is 0 Å². The Morgan fingerprint density at radius 2 is 1.79 bits per heavy atom. The third kappa shape index (κ3) is 4.72. The van der Waals surface area contributed by atoms with E-state index in [0.717, 1.165) is 0 Å². The number of aromatic nitrogens is 2. The van der Waals surface area contributed by atoms with E-state index in [-0.39, 0.29) is 17.2 Å². The molecule has 100 valence electrons. The van der Waals surface area contributed by atoms with Crippen LogP contribution in [0.15, 0.2) is 53.8 Å². The highest BCUT2D eigenvalue weighted by molar-refractivity contribution is 7.92. The van der Waals surface area contributed by atoms with Crippen LogP contribution in [0.1, 0.15) is 0 Å². The Morgan fingerprint density at radius 1 is 1.16 bits per heavy atom. The highest BCUT2D eigenvalue weighted by Gasteiger charge is 2.13. The van der Waals surface area contributed by atoms with Crippen LogP contribution in [0.3, 0.4) is 0 Å². The van der Waals surface area contributed by atoms with E-state index in [4.69, 9.17) is 9.90 Å². The molecule has 2 N–H and O–H groups in total. The van der Waals surface area contributed by atoms with Gasteiger partial charge >= 0.3 is 0 Å². The van der Waals surface area contributed by atoms with Crippen molar-refractivity contribution in [2.75, 3.05) is 4.72 Å². The van der Waals surface area contributed by atoms with E-state index < -0.39 is 10.0 Å². The lowest BCUT2D eigenvalue weighted by Gasteiger charge is -2.05. The quantitative estimate of drug-likeness (QED) is 0.811. The number of hydrogen-bond donors (Lipinski definition) is 2. The number of anilines is 1. The average Bonchev–Trinajstić information content (AvgIpc) is 2.41. The van der Waals surface area contributed by atoms with Gasteiger partial charge in [-0.3, -0.25) is 9.52 Å². The summed E-state index contributed by atoms with van der Waals surface area (Å²) in [7, 11) is -3.55. The summed E-state index contributed by atoms with van der Waals surface area (Å²) in [5, 5.41) is 6.89. The maximum Gasteiger partial charge on any atom is 0.290 e. The molecular weight excluding hydrogens is 270 g/mol. The van der Waals surface area contributed by atoms with E-state index in [1.165, 1.54) is 30.7 Å². The van der Waals surface area contributed by atoms with Gasteiger partial charge in [0.1, 0.15) is 12.1 Å². The monoisotopic (exact) mass is 281 g/mol. The van der Waals surface area contributed by atoms with Gasteiger partial charge in [-0.2, -0.15) is 0 Å². The zero-order chi connectivity index (χ0) is 14.1. The molecule has 0 fully saturated rings. The molecule has 0 saturated carbocycles. The minimum absolute atomic E-state index is 0.202. The minimum Gasteiger partial charge on any atom is -0.483 e. The summed E-state index contributed by atoms with van der Waals surface area (Å²) in [5.41, 5.74) is 0. The van der Waals surface area contributed by atoms with Crippen LogP contribution in [0.25, 0.3) is 0 Å². The SMILES string of the molecule is O=CO.O=S(=O)(Nc1ccncn1)c1ccccc1. The smallest absolute Gasteiger partial charge is 0.290 e. The Hall–Kier alpha value is -2.48. The largest absolute Gasteiger partial charge is 0.483 e. The number of benzene rings is 1. The molecule has 2 aromatic rings. The van der Waals surface area contributed by atoms with Gasteiger partial charge in [0.2, 0.25) is 0 Å². The number of nitrogens with one attached hydrogen (secondary N) is 1. The van der Waals surface area contributed by atoms with Crippen molar-refractivity contribution in [3.63, 3.8) is 0 Å². The third-order valence-corrected chi connectivity index (χ3v) is 3.25. The Bertz CT molecular complexity index is 602. The van der Waals surface area contributed by atoms with Crippen LogP contribution in [0.2, 0.25) is 0 Å². The van der Waals surface area contributed by atoms with Gasteiger partial charge in [0, 0.05) is 6.20 Å². The molecule has 19 heavy (non-hydrogen) atoms. The van der Waals surface area contributed by atoms with Gasteiger partial charge in [0.25, 0.3) is 16.5 Å². The van der Waals surface area contributed by atoms with Crippen molar-refractivity contribution in [1.82, 2.24) is 9.97 Å². The summed E-state index contributed by atoms with van der Waals surface area (Å²) in [4.78, 5) is 16.1. The van der Waals surface area contributed by atoms with E-state index in [2.05, 4.69) is 14.7 Å². The first-order valence-corrected chi connectivity index (χ1v) is 6.50.